The molecule has 1 saturated carbocycles. The van der Waals surface area contributed by atoms with Crippen molar-refractivity contribution in [2.75, 3.05) is 0 Å². The van der Waals surface area contributed by atoms with Crippen LogP contribution in [0.1, 0.15) is 18.5 Å². The maximum atomic E-state index is 8.95. The molecule has 0 N–H and O–H groups in total. The topological polar surface area (TPSA) is 54.5 Å². The highest BCUT2D eigenvalue weighted by molar-refractivity contribution is 5.80. The molecule has 0 aliphatic heterocycles. The summed E-state index contributed by atoms with van der Waals surface area (Å²) in [6.07, 6.45) is 4.29. The van der Waals surface area contributed by atoms with E-state index < -0.39 is 0 Å². The molecule has 2 aromatic rings. The Morgan fingerprint density at radius 3 is 3.13 bits per heavy atom. The van der Waals surface area contributed by atoms with Gasteiger partial charge in [-0.3, -0.25) is 0 Å². The summed E-state index contributed by atoms with van der Waals surface area (Å²) in [6, 6.07) is 5.85. The molecule has 15 heavy (non-hydrogen) atoms. The van der Waals surface area contributed by atoms with Gasteiger partial charge in [0.15, 0.2) is 11.3 Å². The van der Waals surface area contributed by atoms with Crippen LogP contribution in [-0.2, 0) is 6.54 Å². The van der Waals surface area contributed by atoms with Crippen molar-refractivity contribution < 1.29 is 0 Å². The van der Waals surface area contributed by atoms with E-state index in [4.69, 9.17) is 5.26 Å². The zero-order valence-corrected chi connectivity index (χ0v) is 8.22. The summed E-state index contributed by atoms with van der Waals surface area (Å²) in [5.41, 5.74) is 1.32. The fourth-order valence-electron chi connectivity index (χ4n) is 1.76. The first-order chi connectivity index (χ1) is 7.38. The molecule has 1 aliphatic rings. The number of fused-ring (bicyclic) bond motifs is 1. The first kappa shape index (κ1) is 8.42. The SMILES string of the molecule is N#Cc1nn(CC2CC2)c2ncccc12. The monoisotopic (exact) mass is 198 g/mol. The van der Waals surface area contributed by atoms with Crippen LogP contribution in [0.3, 0.4) is 0 Å². The smallest absolute Gasteiger partial charge is 0.172 e. The van der Waals surface area contributed by atoms with Crippen molar-refractivity contribution in [3.8, 4) is 6.07 Å². The van der Waals surface area contributed by atoms with Gasteiger partial charge in [0.05, 0.1) is 5.39 Å². The largest absolute Gasteiger partial charge is 0.246 e. The molecule has 0 bridgehead atoms. The summed E-state index contributed by atoms with van der Waals surface area (Å²) in [5, 5.41) is 14.1. The third kappa shape index (κ3) is 1.37. The van der Waals surface area contributed by atoms with Crippen molar-refractivity contribution in [2.45, 2.75) is 19.4 Å². The van der Waals surface area contributed by atoms with Crippen LogP contribution in [0.15, 0.2) is 18.3 Å². The minimum atomic E-state index is 0.485. The normalized spacial score (nSPS) is 15.4. The van der Waals surface area contributed by atoms with Gasteiger partial charge < -0.3 is 0 Å². The molecule has 0 atom stereocenters. The molecule has 4 heteroatoms. The maximum Gasteiger partial charge on any atom is 0.172 e. The van der Waals surface area contributed by atoms with Crippen LogP contribution >= 0.6 is 0 Å². The standard InChI is InChI=1S/C11H10N4/c12-6-10-9-2-1-5-13-11(9)15(14-10)7-8-3-4-8/h1-2,5,8H,3-4,7H2. The average molecular weight is 198 g/mol. The number of nitriles is 1. The highest BCUT2D eigenvalue weighted by atomic mass is 15.3. The number of hydrogen-bond acceptors (Lipinski definition) is 3. The van der Waals surface area contributed by atoms with Crippen LogP contribution in [0.5, 0.6) is 0 Å². The lowest BCUT2D eigenvalue weighted by Crippen LogP contribution is -2.02. The molecule has 4 nitrogen and oxygen atoms in total. The van der Waals surface area contributed by atoms with E-state index in [-0.39, 0.29) is 0 Å². The second-order valence-electron chi connectivity index (χ2n) is 3.96. The highest BCUT2D eigenvalue weighted by Crippen LogP contribution is 2.31. The van der Waals surface area contributed by atoms with Gasteiger partial charge in [-0.05, 0) is 30.9 Å². The summed E-state index contributed by atoms with van der Waals surface area (Å²) in [7, 11) is 0. The van der Waals surface area contributed by atoms with E-state index in [9.17, 15) is 0 Å². The van der Waals surface area contributed by atoms with Crippen molar-refractivity contribution in [2.24, 2.45) is 5.92 Å². The van der Waals surface area contributed by atoms with E-state index in [1.54, 1.807) is 6.20 Å². The molecule has 0 spiro atoms. The summed E-state index contributed by atoms with van der Waals surface area (Å²) >= 11 is 0. The van der Waals surface area contributed by atoms with Gasteiger partial charge in [0.2, 0.25) is 0 Å². The number of pyridine rings is 1. The fraction of sp³-hybridized carbons (Fsp3) is 0.364. The van der Waals surface area contributed by atoms with E-state index >= 15 is 0 Å². The first-order valence-corrected chi connectivity index (χ1v) is 5.10. The lowest BCUT2D eigenvalue weighted by molar-refractivity contribution is 0.574. The Morgan fingerprint density at radius 1 is 1.53 bits per heavy atom. The van der Waals surface area contributed by atoms with Crippen molar-refractivity contribution in [1.29, 1.82) is 5.26 Å². The maximum absolute atomic E-state index is 8.95. The van der Waals surface area contributed by atoms with Crippen LogP contribution in [-0.4, -0.2) is 14.8 Å². The lowest BCUT2D eigenvalue weighted by Gasteiger charge is -1.98. The molecule has 1 fully saturated rings. The zero-order valence-electron chi connectivity index (χ0n) is 8.22. The second kappa shape index (κ2) is 3.06. The molecule has 0 radical (unpaired) electrons. The van der Waals surface area contributed by atoms with Crippen molar-refractivity contribution in [3.63, 3.8) is 0 Å². The van der Waals surface area contributed by atoms with Gasteiger partial charge in [0.1, 0.15) is 6.07 Å². The quantitative estimate of drug-likeness (QED) is 0.738. The number of nitrogens with zero attached hydrogens (tertiary/aromatic N) is 4. The third-order valence-electron chi connectivity index (χ3n) is 2.74. The predicted molar refractivity (Wildman–Crippen MR) is 55.0 cm³/mol. The van der Waals surface area contributed by atoms with Gasteiger partial charge in [-0.1, -0.05) is 0 Å². The molecule has 3 rings (SSSR count). The van der Waals surface area contributed by atoms with Gasteiger partial charge in [-0.2, -0.15) is 10.4 Å². The zero-order chi connectivity index (χ0) is 10.3. The Morgan fingerprint density at radius 2 is 2.40 bits per heavy atom. The second-order valence-corrected chi connectivity index (χ2v) is 3.96. The van der Waals surface area contributed by atoms with Crippen molar-refractivity contribution in [1.82, 2.24) is 14.8 Å². The number of aromatic nitrogens is 3. The van der Waals surface area contributed by atoms with Gasteiger partial charge in [-0.25, -0.2) is 9.67 Å². The van der Waals surface area contributed by atoms with E-state index in [0.717, 1.165) is 23.5 Å². The fourth-order valence-corrected chi connectivity index (χ4v) is 1.76. The summed E-state index contributed by atoms with van der Waals surface area (Å²) in [4.78, 5) is 4.28. The van der Waals surface area contributed by atoms with Crippen molar-refractivity contribution in [3.05, 3.63) is 24.0 Å². The first-order valence-electron chi connectivity index (χ1n) is 5.10. The summed E-state index contributed by atoms with van der Waals surface area (Å²) < 4.78 is 1.87. The van der Waals surface area contributed by atoms with Gasteiger partial charge in [0.25, 0.3) is 0 Å². The van der Waals surface area contributed by atoms with E-state index in [0.29, 0.717) is 5.69 Å². The molecule has 0 saturated heterocycles. The molecule has 0 unspecified atom stereocenters. The Balaban J connectivity index is 2.16. The van der Waals surface area contributed by atoms with Crippen LogP contribution in [0.25, 0.3) is 11.0 Å². The minimum absolute atomic E-state index is 0.485. The molecule has 2 heterocycles. The molecular formula is C11H10N4. The van der Waals surface area contributed by atoms with Crippen LogP contribution in [0, 0.1) is 17.2 Å². The Bertz CT molecular complexity index is 545. The Kier molecular flexibility index (Phi) is 1.72. The van der Waals surface area contributed by atoms with E-state index in [2.05, 4.69) is 16.2 Å². The van der Waals surface area contributed by atoms with Crippen LogP contribution < -0.4 is 0 Å². The summed E-state index contributed by atoms with van der Waals surface area (Å²) in [6.45, 7) is 0.898. The molecule has 0 aromatic carbocycles. The van der Waals surface area contributed by atoms with Gasteiger partial charge >= 0.3 is 0 Å². The number of rotatable bonds is 2. The Hall–Kier alpha value is -1.89. The molecule has 1 aliphatic carbocycles. The summed E-state index contributed by atoms with van der Waals surface area (Å²) in [5.74, 6) is 0.738. The van der Waals surface area contributed by atoms with E-state index in [1.165, 1.54) is 12.8 Å². The van der Waals surface area contributed by atoms with Crippen LogP contribution in [0.2, 0.25) is 0 Å². The average Bonchev–Trinajstić information content (AvgIpc) is 3.01. The molecule has 0 amide bonds. The van der Waals surface area contributed by atoms with Crippen molar-refractivity contribution >= 4 is 11.0 Å². The van der Waals surface area contributed by atoms with E-state index in [1.807, 2.05) is 16.8 Å². The minimum Gasteiger partial charge on any atom is -0.246 e. The highest BCUT2D eigenvalue weighted by Gasteiger charge is 2.23. The number of hydrogen-bond donors (Lipinski definition) is 0. The van der Waals surface area contributed by atoms with Gasteiger partial charge in [0, 0.05) is 12.7 Å². The lowest BCUT2D eigenvalue weighted by atomic mass is 10.3. The van der Waals surface area contributed by atoms with Gasteiger partial charge in [-0.15, -0.1) is 0 Å². The predicted octanol–water partition coefficient (Wildman–Crippen LogP) is 1.71. The Labute approximate surface area is 87.2 Å². The molecule has 2 aromatic heterocycles. The van der Waals surface area contributed by atoms with Crippen LogP contribution in [0.4, 0.5) is 0 Å². The third-order valence-corrected chi connectivity index (χ3v) is 2.74. The molecule has 74 valence electrons. The molecular weight excluding hydrogens is 188 g/mol.